The van der Waals surface area contributed by atoms with Gasteiger partial charge in [-0.15, -0.1) is 0 Å². The van der Waals surface area contributed by atoms with E-state index in [1.165, 1.54) is 0 Å². The number of alkyl carbamates (subject to hydrolysis) is 1. The van der Waals surface area contributed by atoms with Gasteiger partial charge in [-0.1, -0.05) is 55.5 Å². The number of carbonyl (C=O) groups is 3. The van der Waals surface area contributed by atoms with Gasteiger partial charge in [-0.25, -0.2) is 4.79 Å². The summed E-state index contributed by atoms with van der Waals surface area (Å²) in [4.78, 5) is 36.0. The minimum Gasteiger partial charge on any atom is -0.481 e. The van der Waals surface area contributed by atoms with Crippen molar-refractivity contribution in [2.75, 3.05) is 19.8 Å². The normalized spacial score (nSPS) is 19.9. The van der Waals surface area contributed by atoms with E-state index in [-0.39, 0.29) is 37.7 Å². The van der Waals surface area contributed by atoms with Crippen molar-refractivity contribution in [1.29, 1.82) is 0 Å². The number of carboxylic acid groups (broad SMARTS) is 1. The van der Waals surface area contributed by atoms with Crippen LogP contribution in [0.4, 0.5) is 4.79 Å². The molecule has 2 aromatic carbocycles. The first-order valence-electron chi connectivity index (χ1n) is 11.2. The van der Waals surface area contributed by atoms with Gasteiger partial charge in [-0.05, 0) is 35.1 Å². The van der Waals surface area contributed by atoms with Crippen LogP contribution in [0.15, 0.2) is 48.5 Å². The molecule has 33 heavy (non-hydrogen) atoms. The van der Waals surface area contributed by atoms with Gasteiger partial charge >= 0.3 is 12.1 Å². The molecule has 3 N–H and O–H groups in total. The predicted molar refractivity (Wildman–Crippen MR) is 121 cm³/mol. The lowest BCUT2D eigenvalue weighted by Gasteiger charge is -2.19. The zero-order chi connectivity index (χ0) is 23.4. The maximum atomic E-state index is 12.5. The Morgan fingerprint density at radius 3 is 2.30 bits per heavy atom. The fraction of sp³-hybridized carbons (Fsp3) is 0.400. The van der Waals surface area contributed by atoms with E-state index in [4.69, 9.17) is 14.6 Å². The molecule has 8 heteroatoms. The van der Waals surface area contributed by atoms with Crippen LogP contribution in [0.5, 0.6) is 0 Å². The summed E-state index contributed by atoms with van der Waals surface area (Å²) in [6.45, 7) is 2.31. The summed E-state index contributed by atoms with van der Waals surface area (Å²) in [6.07, 6.45) is -0.255. The van der Waals surface area contributed by atoms with Gasteiger partial charge in [0.25, 0.3) is 0 Å². The molecule has 1 heterocycles. The van der Waals surface area contributed by atoms with Crippen LogP contribution in [0.25, 0.3) is 11.1 Å². The van der Waals surface area contributed by atoms with Crippen molar-refractivity contribution in [3.8, 4) is 11.1 Å². The number of rotatable bonds is 8. The van der Waals surface area contributed by atoms with Crippen molar-refractivity contribution >= 4 is 18.0 Å². The Bertz CT molecular complexity index is 994. The van der Waals surface area contributed by atoms with E-state index in [0.717, 1.165) is 22.3 Å². The van der Waals surface area contributed by atoms with Crippen molar-refractivity contribution in [1.82, 2.24) is 10.6 Å². The number of carbonyl (C=O) groups excluding carboxylic acids is 2. The number of hydrogen-bond donors (Lipinski definition) is 3. The smallest absolute Gasteiger partial charge is 0.407 e. The number of aliphatic carboxylic acids is 1. The largest absolute Gasteiger partial charge is 0.481 e. The Kier molecular flexibility index (Phi) is 6.93. The van der Waals surface area contributed by atoms with E-state index < -0.39 is 24.0 Å². The first-order chi connectivity index (χ1) is 16.0. The zero-order valence-electron chi connectivity index (χ0n) is 18.5. The monoisotopic (exact) mass is 452 g/mol. The number of nitrogens with one attached hydrogen (secondary N) is 2. The molecule has 1 fully saturated rings. The topological polar surface area (TPSA) is 114 Å². The highest BCUT2D eigenvalue weighted by molar-refractivity contribution is 5.85. The standard InChI is InChI=1S/C25H28N2O6/c1-2-22(23(28)26-12-16-11-15(13-32-16)24(29)30)27-25(31)33-14-21-19-9-5-3-7-17(19)18-8-4-6-10-20(18)21/h3-10,15-16,21-22H,2,11-14H2,1H3,(H,26,28)(H,27,31)(H,29,30)/t15-,16-,22+/m0/s1. The highest BCUT2D eigenvalue weighted by Crippen LogP contribution is 2.44. The van der Waals surface area contributed by atoms with Gasteiger partial charge in [0.2, 0.25) is 5.91 Å². The number of fused-ring (bicyclic) bond motifs is 3. The summed E-state index contributed by atoms with van der Waals surface area (Å²) in [6, 6.07) is 15.4. The van der Waals surface area contributed by atoms with E-state index >= 15 is 0 Å². The first kappa shape index (κ1) is 22.8. The van der Waals surface area contributed by atoms with Crippen LogP contribution in [0.3, 0.4) is 0 Å². The maximum Gasteiger partial charge on any atom is 0.407 e. The number of hydrogen-bond acceptors (Lipinski definition) is 5. The summed E-state index contributed by atoms with van der Waals surface area (Å²) >= 11 is 0. The molecule has 0 saturated carbocycles. The van der Waals surface area contributed by atoms with Crippen molar-refractivity contribution in [2.45, 2.75) is 37.8 Å². The molecule has 1 aliphatic carbocycles. The molecule has 8 nitrogen and oxygen atoms in total. The zero-order valence-corrected chi connectivity index (χ0v) is 18.5. The number of amides is 2. The number of carboxylic acids is 1. The molecule has 174 valence electrons. The summed E-state index contributed by atoms with van der Waals surface area (Å²) in [5.74, 6) is -1.85. The third kappa shape index (κ3) is 5.01. The van der Waals surface area contributed by atoms with E-state index in [9.17, 15) is 14.4 Å². The lowest BCUT2D eigenvalue weighted by atomic mass is 9.98. The van der Waals surface area contributed by atoms with Crippen LogP contribution in [0.1, 0.15) is 36.8 Å². The number of ether oxygens (including phenoxy) is 2. The molecule has 4 rings (SSSR count). The molecule has 2 aliphatic rings. The molecule has 1 saturated heterocycles. The summed E-state index contributed by atoms with van der Waals surface area (Å²) in [5, 5.41) is 14.4. The van der Waals surface area contributed by atoms with Gasteiger partial charge in [0.05, 0.1) is 18.6 Å². The number of benzene rings is 2. The lowest BCUT2D eigenvalue weighted by Crippen LogP contribution is -2.48. The average molecular weight is 453 g/mol. The maximum absolute atomic E-state index is 12.5. The highest BCUT2D eigenvalue weighted by Gasteiger charge is 2.32. The minimum absolute atomic E-state index is 0.0567. The van der Waals surface area contributed by atoms with Crippen molar-refractivity contribution in [3.05, 3.63) is 59.7 Å². The van der Waals surface area contributed by atoms with Gasteiger partial charge in [-0.3, -0.25) is 9.59 Å². The van der Waals surface area contributed by atoms with Crippen LogP contribution in [-0.2, 0) is 19.1 Å². The van der Waals surface area contributed by atoms with Gasteiger partial charge in [0.1, 0.15) is 12.6 Å². The van der Waals surface area contributed by atoms with Crippen LogP contribution in [-0.4, -0.2) is 55.0 Å². The van der Waals surface area contributed by atoms with E-state index in [1.54, 1.807) is 6.92 Å². The molecule has 0 radical (unpaired) electrons. The lowest BCUT2D eigenvalue weighted by molar-refractivity contribution is -0.141. The summed E-state index contributed by atoms with van der Waals surface area (Å²) < 4.78 is 10.9. The quantitative estimate of drug-likeness (QED) is 0.568. The van der Waals surface area contributed by atoms with Crippen molar-refractivity contribution in [2.24, 2.45) is 5.92 Å². The Morgan fingerprint density at radius 1 is 1.09 bits per heavy atom. The SMILES string of the molecule is CC[C@@H](NC(=O)OCC1c2ccccc2-c2ccccc21)C(=O)NC[C@@H]1C[C@H](C(=O)O)CO1. The fourth-order valence-electron chi connectivity index (χ4n) is 4.49. The molecular formula is C25H28N2O6. The first-order valence-corrected chi connectivity index (χ1v) is 11.2. The van der Waals surface area contributed by atoms with Gasteiger partial charge in [0.15, 0.2) is 0 Å². The van der Waals surface area contributed by atoms with Gasteiger partial charge < -0.3 is 25.2 Å². The Morgan fingerprint density at radius 2 is 1.73 bits per heavy atom. The van der Waals surface area contributed by atoms with Crippen LogP contribution in [0.2, 0.25) is 0 Å². The third-order valence-electron chi connectivity index (χ3n) is 6.29. The molecular weight excluding hydrogens is 424 g/mol. The van der Waals surface area contributed by atoms with E-state index in [2.05, 4.69) is 22.8 Å². The second-order valence-electron chi connectivity index (χ2n) is 8.40. The van der Waals surface area contributed by atoms with Crippen LogP contribution in [0, 0.1) is 5.92 Å². The third-order valence-corrected chi connectivity index (χ3v) is 6.29. The highest BCUT2D eigenvalue weighted by atomic mass is 16.5. The molecule has 2 amide bonds. The van der Waals surface area contributed by atoms with E-state index in [0.29, 0.717) is 12.8 Å². The Labute approximate surface area is 192 Å². The van der Waals surface area contributed by atoms with Crippen LogP contribution < -0.4 is 10.6 Å². The summed E-state index contributed by atoms with van der Waals surface area (Å²) in [7, 11) is 0. The van der Waals surface area contributed by atoms with E-state index in [1.807, 2.05) is 36.4 Å². The molecule has 0 spiro atoms. The van der Waals surface area contributed by atoms with Crippen LogP contribution >= 0.6 is 0 Å². The second-order valence-corrected chi connectivity index (χ2v) is 8.40. The van der Waals surface area contributed by atoms with Crippen molar-refractivity contribution in [3.63, 3.8) is 0 Å². The minimum atomic E-state index is -0.896. The van der Waals surface area contributed by atoms with Gasteiger partial charge in [0, 0.05) is 12.5 Å². The fourth-order valence-corrected chi connectivity index (χ4v) is 4.49. The van der Waals surface area contributed by atoms with Gasteiger partial charge in [-0.2, -0.15) is 0 Å². The molecule has 0 unspecified atom stereocenters. The predicted octanol–water partition coefficient (Wildman–Crippen LogP) is 2.91. The van der Waals surface area contributed by atoms with Crippen molar-refractivity contribution < 1.29 is 29.0 Å². The molecule has 0 aromatic heterocycles. The molecule has 2 aromatic rings. The second kappa shape index (κ2) is 10.0. The average Bonchev–Trinajstić information content (AvgIpc) is 3.43. The molecule has 0 bridgehead atoms. The Hall–Kier alpha value is -3.39. The summed E-state index contributed by atoms with van der Waals surface area (Å²) in [5.41, 5.74) is 4.53. The molecule has 3 atom stereocenters. The molecule has 1 aliphatic heterocycles. The Balaban J connectivity index is 1.29.